The average Bonchev–Trinajstić information content (AvgIpc) is 2.37. The quantitative estimate of drug-likeness (QED) is 0.607. The highest BCUT2D eigenvalue weighted by molar-refractivity contribution is 5.91. The molecule has 1 rings (SSSR count). The first-order valence-electron chi connectivity index (χ1n) is 5.86. The van der Waals surface area contributed by atoms with Crippen molar-refractivity contribution >= 4 is 11.9 Å². The zero-order valence-corrected chi connectivity index (χ0v) is 10.5. The van der Waals surface area contributed by atoms with Gasteiger partial charge in [-0.2, -0.15) is 0 Å². The lowest BCUT2D eigenvalue weighted by molar-refractivity contribution is -0.146. The summed E-state index contributed by atoms with van der Waals surface area (Å²) >= 11 is 0. The van der Waals surface area contributed by atoms with Crippen LogP contribution >= 0.6 is 0 Å². The topological polar surface area (TPSA) is 72.8 Å². The Labute approximate surface area is 109 Å². The second-order valence-corrected chi connectivity index (χ2v) is 3.81. The Morgan fingerprint density at radius 2 is 2.11 bits per heavy atom. The average molecular weight is 270 g/mol. The molecular weight excluding hydrogens is 255 g/mol. The number of aromatic carboxylic acids is 1. The smallest absolute Gasteiger partial charge is 0.344 e. The molecule has 1 aromatic rings. The van der Waals surface area contributed by atoms with Crippen molar-refractivity contribution < 1.29 is 28.6 Å². The molecule has 0 aliphatic heterocycles. The minimum atomic E-state index is -1.33. The van der Waals surface area contributed by atoms with Gasteiger partial charge in [-0.05, 0) is 24.6 Å². The molecule has 104 valence electrons. The van der Waals surface area contributed by atoms with Gasteiger partial charge in [-0.25, -0.2) is 14.0 Å². The van der Waals surface area contributed by atoms with E-state index in [0.717, 1.165) is 31.0 Å². The molecular formula is C13H15FO5. The van der Waals surface area contributed by atoms with E-state index in [9.17, 15) is 14.0 Å². The van der Waals surface area contributed by atoms with Gasteiger partial charge >= 0.3 is 11.9 Å². The van der Waals surface area contributed by atoms with Gasteiger partial charge in [0.15, 0.2) is 6.61 Å². The highest BCUT2D eigenvalue weighted by atomic mass is 19.1. The van der Waals surface area contributed by atoms with E-state index in [1.54, 1.807) is 0 Å². The summed E-state index contributed by atoms with van der Waals surface area (Å²) in [5.74, 6) is -2.67. The first kappa shape index (κ1) is 14.9. The van der Waals surface area contributed by atoms with E-state index in [0.29, 0.717) is 6.61 Å². The number of rotatable bonds is 7. The Morgan fingerprint density at radius 1 is 1.37 bits per heavy atom. The number of hydrogen-bond donors (Lipinski definition) is 1. The van der Waals surface area contributed by atoms with Crippen LogP contribution in [0.2, 0.25) is 0 Å². The molecule has 0 unspecified atom stereocenters. The fourth-order valence-electron chi connectivity index (χ4n) is 1.30. The first-order chi connectivity index (χ1) is 9.04. The summed E-state index contributed by atoms with van der Waals surface area (Å²) in [6, 6.07) is 3.06. The molecule has 5 nitrogen and oxygen atoms in total. The number of hydrogen-bond acceptors (Lipinski definition) is 4. The summed E-state index contributed by atoms with van der Waals surface area (Å²) in [5.41, 5.74) is -0.332. The Kier molecular flexibility index (Phi) is 5.78. The first-order valence-corrected chi connectivity index (χ1v) is 5.86. The van der Waals surface area contributed by atoms with Crippen molar-refractivity contribution in [2.45, 2.75) is 19.8 Å². The summed E-state index contributed by atoms with van der Waals surface area (Å²) in [6.45, 7) is 1.85. The van der Waals surface area contributed by atoms with E-state index < -0.39 is 24.4 Å². The molecule has 19 heavy (non-hydrogen) atoms. The molecule has 0 spiro atoms. The molecule has 0 radical (unpaired) electrons. The van der Waals surface area contributed by atoms with Crippen molar-refractivity contribution in [3.8, 4) is 5.75 Å². The predicted octanol–water partition coefficient (Wildman–Crippen LogP) is 2.25. The molecule has 0 aromatic heterocycles. The number of carboxylic acids is 1. The maximum atomic E-state index is 12.9. The molecule has 1 aromatic carbocycles. The Bertz CT molecular complexity index is 458. The summed E-state index contributed by atoms with van der Waals surface area (Å²) < 4.78 is 22.8. The van der Waals surface area contributed by atoms with Gasteiger partial charge in [0.25, 0.3) is 0 Å². The Balaban J connectivity index is 2.57. The van der Waals surface area contributed by atoms with Crippen LogP contribution in [0.25, 0.3) is 0 Å². The number of carbonyl (C=O) groups excluding carboxylic acids is 1. The highest BCUT2D eigenvalue weighted by Crippen LogP contribution is 2.19. The third kappa shape index (κ3) is 4.95. The Morgan fingerprint density at radius 3 is 2.74 bits per heavy atom. The molecule has 0 saturated heterocycles. The van der Waals surface area contributed by atoms with Gasteiger partial charge in [0, 0.05) is 0 Å². The van der Waals surface area contributed by atoms with Crippen LogP contribution in [0, 0.1) is 5.82 Å². The van der Waals surface area contributed by atoms with Gasteiger partial charge in [0.2, 0.25) is 0 Å². The number of carboxylic acid groups (broad SMARTS) is 1. The number of unbranched alkanes of at least 4 members (excludes halogenated alkanes) is 1. The number of esters is 1. The number of ether oxygens (including phenoxy) is 2. The van der Waals surface area contributed by atoms with Crippen LogP contribution in [0.5, 0.6) is 5.75 Å². The van der Waals surface area contributed by atoms with Crippen molar-refractivity contribution in [3.05, 3.63) is 29.6 Å². The third-order valence-corrected chi connectivity index (χ3v) is 2.28. The van der Waals surface area contributed by atoms with Crippen molar-refractivity contribution in [3.63, 3.8) is 0 Å². The third-order valence-electron chi connectivity index (χ3n) is 2.28. The summed E-state index contributed by atoms with van der Waals surface area (Å²) in [7, 11) is 0. The molecule has 0 heterocycles. The monoisotopic (exact) mass is 270 g/mol. The van der Waals surface area contributed by atoms with Crippen LogP contribution in [0.4, 0.5) is 4.39 Å². The molecule has 6 heteroatoms. The van der Waals surface area contributed by atoms with E-state index in [-0.39, 0.29) is 11.3 Å². The van der Waals surface area contributed by atoms with Crippen molar-refractivity contribution in [1.29, 1.82) is 0 Å². The predicted molar refractivity (Wildman–Crippen MR) is 64.7 cm³/mol. The van der Waals surface area contributed by atoms with E-state index in [2.05, 4.69) is 0 Å². The SMILES string of the molecule is CCCCOC(=O)COc1ccc(F)cc1C(=O)O. The van der Waals surface area contributed by atoms with Crippen LogP contribution in [0.15, 0.2) is 18.2 Å². The molecule has 0 fully saturated rings. The minimum absolute atomic E-state index is 0.0682. The van der Waals surface area contributed by atoms with Gasteiger partial charge in [-0.3, -0.25) is 0 Å². The zero-order chi connectivity index (χ0) is 14.3. The maximum Gasteiger partial charge on any atom is 0.344 e. The van der Waals surface area contributed by atoms with Crippen molar-refractivity contribution in [2.75, 3.05) is 13.2 Å². The number of halogens is 1. The lowest BCUT2D eigenvalue weighted by atomic mass is 10.2. The summed E-state index contributed by atoms with van der Waals surface area (Å²) in [5, 5.41) is 8.87. The lowest BCUT2D eigenvalue weighted by Gasteiger charge is -2.09. The second kappa shape index (κ2) is 7.35. The Hall–Kier alpha value is -2.11. The van der Waals surface area contributed by atoms with E-state index in [1.165, 1.54) is 0 Å². The van der Waals surface area contributed by atoms with Crippen molar-refractivity contribution in [1.82, 2.24) is 0 Å². The molecule has 0 aliphatic rings. The maximum absolute atomic E-state index is 12.9. The van der Waals surface area contributed by atoms with Gasteiger partial charge in [0.1, 0.15) is 17.1 Å². The fourth-order valence-corrected chi connectivity index (χ4v) is 1.30. The van der Waals surface area contributed by atoms with Gasteiger partial charge in [-0.1, -0.05) is 13.3 Å². The van der Waals surface area contributed by atoms with Crippen LogP contribution in [-0.2, 0) is 9.53 Å². The standard InChI is InChI=1S/C13H15FO5/c1-2-3-6-18-12(15)8-19-11-5-4-9(14)7-10(11)13(16)17/h4-5,7H,2-3,6,8H2,1H3,(H,16,17). The number of benzene rings is 1. The van der Waals surface area contributed by atoms with Crippen LogP contribution < -0.4 is 4.74 Å². The van der Waals surface area contributed by atoms with Gasteiger partial charge in [-0.15, -0.1) is 0 Å². The van der Waals surface area contributed by atoms with E-state index >= 15 is 0 Å². The molecule has 0 aliphatic carbocycles. The van der Waals surface area contributed by atoms with Crippen molar-refractivity contribution in [2.24, 2.45) is 0 Å². The fraction of sp³-hybridized carbons (Fsp3) is 0.385. The van der Waals surface area contributed by atoms with Crippen LogP contribution in [0.3, 0.4) is 0 Å². The normalized spacial score (nSPS) is 10.0. The molecule has 0 bridgehead atoms. The summed E-state index contributed by atoms with van der Waals surface area (Å²) in [4.78, 5) is 22.1. The van der Waals surface area contributed by atoms with Gasteiger partial charge < -0.3 is 14.6 Å². The molecule has 1 N–H and O–H groups in total. The molecule has 0 atom stereocenters. The van der Waals surface area contributed by atoms with E-state index in [1.807, 2.05) is 6.92 Å². The lowest BCUT2D eigenvalue weighted by Crippen LogP contribution is -2.16. The largest absolute Gasteiger partial charge is 0.481 e. The highest BCUT2D eigenvalue weighted by Gasteiger charge is 2.14. The molecule has 0 amide bonds. The summed E-state index contributed by atoms with van der Waals surface area (Å²) in [6.07, 6.45) is 1.65. The van der Waals surface area contributed by atoms with Crippen LogP contribution in [-0.4, -0.2) is 30.3 Å². The number of carbonyl (C=O) groups is 2. The van der Waals surface area contributed by atoms with E-state index in [4.69, 9.17) is 14.6 Å². The van der Waals surface area contributed by atoms with Gasteiger partial charge in [0.05, 0.1) is 6.61 Å². The zero-order valence-electron chi connectivity index (χ0n) is 10.5. The van der Waals surface area contributed by atoms with Crippen LogP contribution in [0.1, 0.15) is 30.1 Å². The minimum Gasteiger partial charge on any atom is -0.481 e. The second-order valence-electron chi connectivity index (χ2n) is 3.81. The molecule has 0 saturated carbocycles.